The summed E-state index contributed by atoms with van der Waals surface area (Å²) in [5, 5.41) is 19.8. The van der Waals surface area contributed by atoms with Crippen molar-refractivity contribution in [2.24, 2.45) is 10.9 Å². The van der Waals surface area contributed by atoms with Crippen LogP contribution in [0.3, 0.4) is 0 Å². The summed E-state index contributed by atoms with van der Waals surface area (Å²) in [6, 6.07) is 0.118. The lowest BCUT2D eigenvalue weighted by Gasteiger charge is -1.93. The van der Waals surface area contributed by atoms with Gasteiger partial charge in [0.15, 0.2) is 0 Å². The monoisotopic (exact) mass is 156 g/mol. The summed E-state index contributed by atoms with van der Waals surface area (Å²) < 4.78 is 0. The van der Waals surface area contributed by atoms with Gasteiger partial charge in [0, 0.05) is 0 Å². The van der Waals surface area contributed by atoms with Gasteiger partial charge in [-0.3, -0.25) is 10.1 Å². The molecule has 0 unspecified atom stereocenters. The van der Waals surface area contributed by atoms with Gasteiger partial charge in [0.25, 0.3) is 5.91 Å². The largest absolute Gasteiger partial charge is 0.410 e. The Labute approximate surface area is 61.1 Å². The molecule has 0 aromatic heterocycles. The molecule has 0 radical (unpaired) electrons. The number of nitrogens with zero attached hydrogens (tertiary/aromatic N) is 2. The van der Waals surface area contributed by atoms with E-state index in [4.69, 9.17) is 10.5 Å². The van der Waals surface area contributed by atoms with Crippen molar-refractivity contribution in [3.8, 4) is 6.07 Å². The predicted molar refractivity (Wildman–Crippen MR) is 32.6 cm³/mol. The molecule has 0 atom stereocenters. The first kappa shape index (κ1) is 8.90. The van der Waals surface area contributed by atoms with Crippen molar-refractivity contribution in [1.82, 2.24) is 5.32 Å². The van der Waals surface area contributed by atoms with Gasteiger partial charge in [-0.2, -0.15) is 5.26 Å². The molecule has 0 aromatic rings. The van der Waals surface area contributed by atoms with Crippen LogP contribution in [0.1, 0.15) is 0 Å². The number of nitrogens with two attached hydrogens (primary N) is 1. The van der Waals surface area contributed by atoms with Crippen LogP contribution in [0, 0.1) is 11.3 Å². The highest BCUT2D eigenvalue weighted by atomic mass is 16.4. The van der Waals surface area contributed by atoms with E-state index < -0.39 is 17.6 Å². The van der Waals surface area contributed by atoms with E-state index in [1.807, 2.05) is 0 Å². The summed E-state index contributed by atoms with van der Waals surface area (Å²) in [5.74, 6) is -1.14. The molecule has 11 heavy (non-hydrogen) atoms. The van der Waals surface area contributed by atoms with E-state index in [9.17, 15) is 9.59 Å². The highest BCUT2D eigenvalue weighted by Crippen LogP contribution is 1.74. The fourth-order valence-corrected chi connectivity index (χ4v) is 0.290. The van der Waals surface area contributed by atoms with Crippen molar-refractivity contribution in [2.45, 2.75) is 0 Å². The van der Waals surface area contributed by atoms with Crippen molar-refractivity contribution in [3.05, 3.63) is 0 Å². The molecule has 0 heterocycles. The van der Waals surface area contributed by atoms with E-state index in [1.54, 1.807) is 0 Å². The standard InChI is InChI=1S/C4H4N4O3/c5-1-2(8-11)3(9)7-4(6)10/h11H,(H3,6,7,9,10). The maximum atomic E-state index is 10.5. The number of nitrogens with one attached hydrogen (secondary N) is 1. The van der Waals surface area contributed by atoms with Crippen molar-refractivity contribution in [2.75, 3.05) is 0 Å². The number of primary amides is 1. The van der Waals surface area contributed by atoms with E-state index in [0.29, 0.717) is 0 Å². The van der Waals surface area contributed by atoms with Gasteiger partial charge in [0.05, 0.1) is 0 Å². The molecule has 0 bridgehead atoms. The van der Waals surface area contributed by atoms with Crippen LogP contribution >= 0.6 is 0 Å². The minimum atomic E-state index is -1.14. The number of rotatable bonds is 1. The van der Waals surface area contributed by atoms with Gasteiger partial charge < -0.3 is 10.9 Å². The molecule has 58 valence electrons. The molecule has 0 aliphatic heterocycles. The molecule has 0 saturated carbocycles. The predicted octanol–water partition coefficient (Wildman–Crippen LogP) is -1.46. The van der Waals surface area contributed by atoms with Crippen LogP contribution in [0.4, 0.5) is 4.79 Å². The first-order chi connectivity index (χ1) is 5.11. The number of nitriles is 1. The second-order valence-corrected chi connectivity index (χ2v) is 1.38. The van der Waals surface area contributed by atoms with Crippen LogP contribution in [0.25, 0.3) is 0 Å². The zero-order chi connectivity index (χ0) is 8.85. The van der Waals surface area contributed by atoms with E-state index in [1.165, 1.54) is 11.4 Å². The fraction of sp³-hybridized carbons (Fsp3) is 0. The quantitative estimate of drug-likeness (QED) is 0.243. The zero-order valence-corrected chi connectivity index (χ0v) is 5.24. The van der Waals surface area contributed by atoms with Crippen molar-refractivity contribution in [3.63, 3.8) is 0 Å². The normalized spacial score (nSPS) is 9.91. The lowest BCUT2D eigenvalue weighted by atomic mass is 10.4. The van der Waals surface area contributed by atoms with Crippen LogP contribution in [0.2, 0.25) is 0 Å². The smallest absolute Gasteiger partial charge is 0.319 e. The molecule has 0 fully saturated rings. The van der Waals surface area contributed by atoms with E-state index in [0.717, 1.165) is 0 Å². The van der Waals surface area contributed by atoms with Crippen molar-refractivity contribution >= 4 is 17.6 Å². The van der Waals surface area contributed by atoms with Crippen LogP contribution in [-0.2, 0) is 4.79 Å². The lowest BCUT2D eigenvalue weighted by Crippen LogP contribution is -2.39. The molecule has 0 saturated heterocycles. The number of hydrogen-bond acceptors (Lipinski definition) is 5. The third-order valence-corrected chi connectivity index (χ3v) is 0.658. The molecule has 3 amide bonds. The molecule has 4 N–H and O–H groups in total. The first-order valence-corrected chi connectivity index (χ1v) is 2.34. The van der Waals surface area contributed by atoms with Gasteiger partial charge in [-0.15, -0.1) is 0 Å². The van der Waals surface area contributed by atoms with Gasteiger partial charge in [-0.1, -0.05) is 5.16 Å². The topological polar surface area (TPSA) is 129 Å². The Morgan fingerprint density at radius 2 is 2.18 bits per heavy atom. The molecular weight excluding hydrogens is 152 g/mol. The van der Waals surface area contributed by atoms with Gasteiger partial charge in [0.1, 0.15) is 6.07 Å². The Balaban J connectivity index is 4.28. The van der Waals surface area contributed by atoms with Gasteiger partial charge in [-0.25, -0.2) is 4.79 Å². The van der Waals surface area contributed by atoms with Gasteiger partial charge >= 0.3 is 6.03 Å². The summed E-state index contributed by atoms with van der Waals surface area (Å²) >= 11 is 0. The molecule has 0 aromatic carbocycles. The highest BCUT2D eigenvalue weighted by molar-refractivity contribution is 6.46. The van der Waals surface area contributed by atoms with Gasteiger partial charge in [-0.05, 0) is 0 Å². The van der Waals surface area contributed by atoms with Crippen molar-refractivity contribution < 1.29 is 14.8 Å². The molecule has 0 rings (SSSR count). The SMILES string of the molecule is N#CC(=NO)C(=O)NC(N)=O. The third-order valence-electron chi connectivity index (χ3n) is 0.658. The minimum Gasteiger partial charge on any atom is -0.410 e. The molecule has 0 aliphatic carbocycles. The number of imide groups is 1. The summed E-state index contributed by atoms with van der Waals surface area (Å²) in [6.45, 7) is 0. The number of carbonyl (C=O) groups excluding carboxylic acids is 2. The molecule has 0 aliphatic rings. The Morgan fingerprint density at radius 1 is 1.64 bits per heavy atom. The Bertz CT molecular complexity index is 251. The van der Waals surface area contributed by atoms with E-state index >= 15 is 0 Å². The van der Waals surface area contributed by atoms with Crippen LogP contribution < -0.4 is 11.1 Å². The fourth-order valence-electron chi connectivity index (χ4n) is 0.290. The number of oxime groups is 1. The summed E-state index contributed by atoms with van der Waals surface area (Å²) in [6.07, 6.45) is 0. The molecule has 7 nitrogen and oxygen atoms in total. The summed E-state index contributed by atoms with van der Waals surface area (Å²) in [5.41, 5.74) is 3.69. The average molecular weight is 156 g/mol. The second-order valence-electron chi connectivity index (χ2n) is 1.38. The summed E-state index contributed by atoms with van der Waals surface area (Å²) in [4.78, 5) is 20.5. The number of hydrogen-bond donors (Lipinski definition) is 3. The Kier molecular flexibility index (Phi) is 3.10. The number of urea groups is 1. The molecule has 0 spiro atoms. The maximum Gasteiger partial charge on any atom is 0.319 e. The first-order valence-electron chi connectivity index (χ1n) is 2.34. The molecular formula is C4H4N4O3. The number of amides is 3. The van der Waals surface area contributed by atoms with E-state index in [2.05, 4.69) is 10.9 Å². The van der Waals surface area contributed by atoms with Crippen LogP contribution in [0.5, 0.6) is 0 Å². The second kappa shape index (κ2) is 3.84. The van der Waals surface area contributed by atoms with Crippen molar-refractivity contribution in [1.29, 1.82) is 5.26 Å². The maximum absolute atomic E-state index is 10.5. The van der Waals surface area contributed by atoms with E-state index in [-0.39, 0.29) is 0 Å². The minimum absolute atomic E-state index is 0.830. The van der Waals surface area contributed by atoms with Crippen LogP contribution in [-0.4, -0.2) is 22.9 Å². The summed E-state index contributed by atoms with van der Waals surface area (Å²) in [7, 11) is 0. The number of carbonyl (C=O) groups is 2. The molecule has 7 heteroatoms. The highest BCUT2D eigenvalue weighted by Gasteiger charge is 2.12. The Hall–Kier alpha value is -2.10. The van der Waals surface area contributed by atoms with Gasteiger partial charge in [0.2, 0.25) is 5.71 Å². The lowest BCUT2D eigenvalue weighted by molar-refractivity contribution is -0.113. The zero-order valence-electron chi connectivity index (χ0n) is 5.24. The third kappa shape index (κ3) is 2.81. The Morgan fingerprint density at radius 3 is 2.45 bits per heavy atom. The average Bonchev–Trinajstić information content (AvgIpc) is 1.88. The van der Waals surface area contributed by atoms with Crippen LogP contribution in [0.15, 0.2) is 5.16 Å².